The van der Waals surface area contributed by atoms with Crippen molar-refractivity contribution in [3.05, 3.63) is 51.2 Å². The van der Waals surface area contributed by atoms with Gasteiger partial charge in [0.25, 0.3) is 5.91 Å². The zero-order valence-corrected chi connectivity index (χ0v) is 13.7. The fraction of sp³-hybridized carbons (Fsp3) is 0.353. The Morgan fingerprint density at radius 3 is 2.76 bits per heavy atom. The van der Waals surface area contributed by atoms with Crippen LogP contribution in [-0.4, -0.2) is 11.9 Å². The number of carbonyl (C=O) groups is 1. The van der Waals surface area contributed by atoms with Crippen LogP contribution in [0.5, 0.6) is 5.75 Å². The molecule has 0 atom stereocenters. The summed E-state index contributed by atoms with van der Waals surface area (Å²) >= 11 is 1.45. The molecule has 4 heteroatoms. The van der Waals surface area contributed by atoms with Crippen molar-refractivity contribution in [2.45, 2.75) is 40.3 Å². The SMILES string of the molecule is Cc1ccc(C)c(OCc2csc(C(=O)NC(C)C)c2)c1. The van der Waals surface area contributed by atoms with E-state index in [4.69, 9.17) is 4.74 Å². The lowest BCUT2D eigenvalue weighted by Gasteiger charge is -2.09. The zero-order chi connectivity index (χ0) is 15.4. The molecule has 0 aliphatic heterocycles. The summed E-state index contributed by atoms with van der Waals surface area (Å²) in [5.74, 6) is 0.877. The van der Waals surface area contributed by atoms with Gasteiger partial charge in [-0.25, -0.2) is 0 Å². The first-order valence-electron chi connectivity index (χ1n) is 7.04. The summed E-state index contributed by atoms with van der Waals surface area (Å²) in [6.45, 7) is 8.47. The van der Waals surface area contributed by atoms with Gasteiger partial charge in [0.15, 0.2) is 0 Å². The Labute approximate surface area is 130 Å². The van der Waals surface area contributed by atoms with Gasteiger partial charge in [0.1, 0.15) is 12.4 Å². The van der Waals surface area contributed by atoms with Crippen LogP contribution in [0.1, 0.15) is 40.2 Å². The van der Waals surface area contributed by atoms with Crippen molar-refractivity contribution in [1.82, 2.24) is 5.32 Å². The van der Waals surface area contributed by atoms with E-state index in [0.29, 0.717) is 6.61 Å². The van der Waals surface area contributed by atoms with Crippen molar-refractivity contribution in [2.75, 3.05) is 0 Å². The number of ether oxygens (including phenoxy) is 1. The van der Waals surface area contributed by atoms with Gasteiger partial charge in [0.05, 0.1) is 4.88 Å². The summed E-state index contributed by atoms with van der Waals surface area (Å²) in [6, 6.07) is 8.21. The Bertz CT molecular complexity index is 631. The van der Waals surface area contributed by atoms with Crippen LogP contribution in [0.25, 0.3) is 0 Å². The van der Waals surface area contributed by atoms with Crippen molar-refractivity contribution in [1.29, 1.82) is 0 Å². The Balaban J connectivity index is 2.00. The average Bonchev–Trinajstić information content (AvgIpc) is 2.88. The number of nitrogens with one attached hydrogen (secondary N) is 1. The van der Waals surface area contributed by atoms with Crippen LogP contribution in [-0.2, 0) is 6.61 Å². The molecule has 3 nitrogen and oxygen atoms in total. The molecule has 0 fully saturated rings. The largest absolute Gasteiger partial charge is 0.489 e. The Morgan fingerprint density at radius 2 is 2.05 bits per heavy atom. The Kier molecular flexibility index (Phi) is 5.02. The molecule has 1 aromatic carbocycles. The summed E-state index contributed by atoms with van der Waals surface area (Å²) < 4.78 is 5.85. The van der Waals surface area contributed by atoms with Gasteiger partial charge in [-0.1, -0.05) is 12.1 Å². The third-order valence-electron chi connectivity index (χ3n) is 3.04. The smallest absolute Gasteiger partial charge is 0.261 e. The minimum atomic E-state index is -0.0204. The Morgan fingerprint density at radius 1 is 1.29 bits per heavy atom. The number of thiophene rings is 1. The lowest BCUT2D eigenvalue weighted by atomic mass is 10.1. The molecule has 1 amide bonds. The molecule has 0 aliphatic rings. The number of benzene rings is 1. The van der Waals surface area contributed by atoms with E-state index in [-0.39, 0.29) is 11.9 Å². The highest BCUT2D eigenvalue weighted by atomic mass is 32.1. The molecule has 0 saturated heterocycles. The second-order valence-corrected chi connectivity index (χ2v) is 6.42. The second kappa shape index (κ2) is 6.76. The normalized spacial score (nSPS) is 10.7. The van der Waals surface area contributed by atoms with Crippen LogP contribution >= 0.6 is 11.3 Å². The molecule has 0 saturated carbocycles. The van der Waals surface area contributed by atoms with Gasteiger partial charge in [-0.2, -0.15) is 0 Å². The Hall–Kier alpha value is -1.81. The number of hydrogen-bond acceptors (Lipinski definition) is 3. The van der Waals surface area contributed by atoms with Gasteiger partial charge in [-0.05, 0) is 56.3 Å². The predicted molar refractivity (Wildman–Crippen MR) is 87.2 cm³/mol. The highest BCUT2D eigenvalue weighted by Crippen LogP contribution is 2.22. The summed E-state index contributed by atoms with van der Waals surface area (Å²) in [4.78, 5) is 12.6. The fourth-order valence-electron chi connectivity index (χ4n) is 1.93. The summed E-state index contributed by atoms with van der Waals surface area (Å²) in [6.07, 6.45) is 0. The third-order valence-corrected chi connectivity index (χ3v) is 4.01. The van der Waals surface area contributed by atoms with Crippen LogP contribution in [0.3, 0.4) is 0 Å². The first-order valence-corrected chi connectivity index (χ1v) is 7.92. The molecular formula is C17H21NO2S. The summed E-state index contributed by atoms with van der Waals surface area (Å²) in [7, 11) is 0. The lowest BCUT2D eigenvalue weighted by molar-refractivity contribution is 0.0947. The second-order valence-electron chi connectivity index (χ2n) is 5.50. The van der Waals surface area contributed by atoms with Crippen LogP contribution in [0.2, 0.25) is 0 Å². The van der Waals surface area contributed by atoms with Gasteiger partial charge in [-0.3, -0.25) is 4.79 Å². The third kappa shape index (κ3) is 4.33. The highest BCUT2D eigenvalue weighted by Gasteiger charge is 2.10. The molecule has 2 aromatic rings. The first kappa shape index (κ1) is 15.6. The van der Waals surface area contributed by atoms with Gasteiger partial charge in [0.2, 0.25) is 0 Å². The van der Waals surface area contributed by atoms with Crippen LogP contribution in [0.4, 0.5) is 0 Å². The number of aryl methyl sites for hydroxylation is 2. The number of carbonyl (C=O) groups excluding carboxylic acids is 1. The van der Waals surface area contributed by atoms with Crippen LogP contribution in [0, 0.1) is 13.8 Å². The van der Waals surface area contributed by atoms with E-state index in [0.717, 1.165) is 21.8 Å². The molecule has 0 unspecified atom stereocenters. The molecule has 21 heavy (non-hydrogen) atoms. The molecule has 2 rings (SSSR count). The molecule has 1 heterocycles. The van der Waals surface area contributed by atoms with E-state index < -0.39 is 0 Å². The summed E-state index contributed by atoms with van der Waals surface area (Å²) in [5, 5.41) is 4.87. The van der Waals surface area contributed by atoms with Crippen LogP contribution in [0.15, 0.2) is 29.6 Å². The van der Waals surface area contributed by atoms with Crippen molar-refractivity contribution < 1.29 is 9.53 Å². The monoisotopic (exact) mass is 303 g/mol. The van der Waals surface area contributed by atoms with Crippen molar-refractivity contribution in [3.8, 4) is 5.75 Å². The number of rotatable bonds is 5. The molecule has 1 aromatic heterocycles. The van der Waals surface area contributed by atoms with E-state index in [1.54, 1.807) is 0 Å². The first-order chi connectivity index (χ1) is 9.95. The molecule has 112 valence electrons. The van der Waals surface area contributed by atoms with E-state index >= 15 is 0 Å². The molecule has 0 spiro atoms. The summed E-state index contributed by atoms with van der Waals surface area (Å²) in [5.41, 5.74) is 3.32. The van der Waals surface area contributed by atoms with Crippen LogP contribution < -0.4 is 10.1 Å². The highest BCUT2D eigenvalue weighted by molar-refractivity contribution is 7.12. The topological polar surface area (TPSA) is 38.3 Å². The van der Waals surface area contributed by atoms with Crippen molar-refractivity contribution in [2.24, 2.45) is 0 Å². The minimum absolute atomic E-state index is 0.0204. The lowest BCUT2D eigenvalue weighted by Crippen LogP contribution is -2.29. The van der Waals surface area contributed by atoms with Gasteiger partial charge in [-0.15, -0.1) is 11.3 Å². The molecule has 0 bridgehead atoms. The maximum Gasteiger partial charge on any atom is 0.261 e. The molecule has 0 aliphatic carbocycles. The predicted octanol–water partition coefficient (Wildman–Crippen LogP) is 4.08. The maximum absolute atomic E-state index is 11.9. The van der Waals surface area contributed by atoms with E-state index in [2.05, 4.69) is 17.4 Å². The van der Waals surface area contributed by atoms with Gasteiger partial charge < -0.3 is 10.1 Å². The van der Waals surface area contributed by atoms with Crippen molar-refractivity contribution in [3.63, 3.8) is 0 Å². The quantitative estimate of drug-likeness (QED) is 0.903. The van der Waals surface area contributed by atoms with E-state index in [1.807, 2.05) is 45.2 Å². The average molecular weight is 303 g/mol. The number of hydrogen-bond donors (Lipinski definition) is 1. The van der Waals surface area contributed by atoms with E-state index in [1.165, 1.54) is 16.9 Å². The number of amides is 1. The van der Waals surface area contributed by atoms with E-state index in [9.17, 15) is 4.79 Å². The maximum atomic E-state index is 11.9. The minimum Gasteiger partial charge on any atom is -0.489 e. The zero-order valence-electron chi connectivity index (χ0n) is 12.9. The molecule has 0 radical (unpaired) electrons. The standard InChI is InChI=1S/C17H21NO2S/c1-11(2)18-17(19)16-8-14(10-21-16)9-20-15-7-12(3)5-6-13(15)4/h5-8,10-11H,9H2,1-4H3,(H,18,19). The van der Waals surface area contributed by atoms with Gasteiger partial charge >= 0.3 is 0 Å². The molecular weight excluding hydrogens is 282 g/mol. The molecule has 1 N–H and O–H groups in total. The van der Waals surface area contributed by atoms with Crippen molar-refractivity contribution >= 4 is 17.2 Å². The van der Waals surface area contributed by atoms with Gasteiger partial charge in [0, 0.05) is 11.6 Å². The fourth-order valence-corrected chi connectivity index (χ4v) is 2.73.